The second-order valence-electron chi connectivity index (χ2n) is 3.37. The van der Waals surface area contributed by atoms with Gasteiger partial charge in [-0.1, -0.05) is 6.07 Å². The Bertz CT molecular complexity index is 338. The van der Waals surface area contributed by atoms with Gasteiger partial charge in [-0.3, -0.25) is 0 Å². The highest BCUT2D eigenvalue weighted by atomic mass is 19.4. The van der Waals surface area contributed by atoms with Gasteiger partial charge in [0.05, 0.1) is 5.92 Å². The van der Waals surface area contributed by atoms with Crippen molar-refractivity contribution in [1.82, 2.24) is 0 Å². The Morgan fingerprint density at radius 2 is 2.00 bits per heavy atom. The van der Waals surface area contributed by atoms with E-state index in [2.05, 4.69) is 5.32 Å². The van der Waals surface area contributed by atoms with Crippen molar-refractivity contribution < 1.29 is 17.6 Å². The number of halogens is 4. The summed E-state index contributed by atoms with van der Waals surface area (Å²) < 4.78 is 49.6. The molecule has 3 N–H and O–H groups in total. The largest absolute Gasteiger partial charge is 0.394 e. The number of hydrogen-bond donors (Lipinski definition) is 2. The summed E-state index contributed by atoms with van der Waals surface area (Å²) in [4.78, 5) is 0. The van der Waals surface area contributed by atoms with E-state index in [1.807, 2.05) is 0 Å². The molecule has 0 aliphatic heterocycles. The van der Waals surface area contributed by atoms with Gasteiger partial charge in [-0.25, -0.2) is 4.39 Å². The lowest BCUT2D eigenvalue weighted by atomic mass is 10.1. The monoisotopic (exact) mass is 236 g/mol. The summed E-state index contributed by atoms with van der Waals surface area (Å²) in [7, 11) is 0. The number of benzene rings is 1. The zero-order valence-corrected chi connectivity index (χ0v) is 8.39. The molecule has 0 radical (unpaired) electrons. The Balaban J connectivity index is 2.56. The quantitative estimate of drug-likeness (QED) is 0.788. The lowest BCUT2D eigenvalue weighted by Gasteiger charge is -2.19. The minimum absolute atomic E-state index is 0.308. The predicted molar refractivity (Wildman–Crippen MR) is 53.5 cm³/mol. The fourth-order valence-electron chi connectivity index (χ4n) is 1.17. The average molecular weight is 236 g/mol. The van der Waals surface area contributed by atoms with Crippen molar-refractivity contribution in [3.8, 4) is 0 Å². The summed E-state index contributed by atoms with van der Waals surface area (Å²) in [6, 6.07) is 5.26. The lowest BCUT2D eigenvalue weighted by Crippen LogP contribution is -2.35. The Labute approximate surface area is 90.4 Å². The standard InChI is InChI=1S/C10H12F4N2/c11-8-2-1-3-9(4-8)16-6-7(5-15)10(12,13)14/h1-4,7,16H,5-6,15H2. The van der Waals surface area contributed by atoms with Gasteiger partial charge in [0.25, 0.3) is 0 Å². The minimum atomic E-state index is -4.34. The number of rotatable bonds is 4. The first kappa shape index (κ1) is 12.8. The van der Waals surface area contributed by atoms with Crippen LogP contribution in [0.25, 0.3) is 0 Å². The smallest absolute Gasteiger partial charge is 0.384 e. The topological polar surface area (TPSA) is 38.0 Å². The second-order valence-corrected chi connectivity index (χ2v) is 3.37. The summed E-state index contributed by atoms with van der Waals surface area (Å²) in [5.41, 5.74) is 5.33. The van der Waals surface area contributed by atoms with E-state index in [0.717, 1.165) is 6.07 Å². The molecule has 16 heavy (non-hydrogen) atoms. The molecule has 1 rings (SSSR count). The lowest BCUT2D eigenvalue weighted by molar-refractivity contribution is -0.167. The molecule has 90 valence electrons. The normalized spacial score (nSPS) is 13.6. The molecule has 0 fully saturated rings. The number of nitrogens with one attached hydrogen (secondary N) is 1. The first-order valence-corrected chi connectivity index (χ1v) is 4.69. The van der Waals surface area contributed by atoms with Gasteiger partial charge in [-0.2, -0.15) is 13.2 Å². The van der Waals surface area contributed by atoms with Crippen molar-refractivity contribution in [1.29, 1.82) is 0 Å². The van der Waals surface area contributed by atoms with Crippen molar-refractivity contribution in [2.24, 2.45) is 11.7 Å². The van der Waals surface area contributed by atoms with Gasteiger partial charge < -0.3 is 11.1 Å². The van der Waals surface area contributed by atoms with E-state index >= 15 is 0 Å². The van der Waals surface area contributed by atoms with Crippen LogP contribution >= 0.6 is 0 Å². The van der Waals surface area contributed by atoms with Crippen LogP contribution in [0.1, 0.15) is 0 Å². The molecular formula is C10H12F4N2. The first-order chi connectivity index (χ1) is 7.43. The Hall–Kier alpha value is -1.30. The third-order valence-electron chi connectivity index (χ3n) is 2.12. The third-order valence-corrected chi connectivity index (χ3v) is 2.12. The van der Waals surface area contributed by atoms with Gasteiger partial charge in [0.15, 0.2) is 0 Å². The molecule has 0 saturated heterocycles. The zero-order valence-electron chi connectivity index (χ0n) is 8.39. The van der Waals surface area contributed by atoms with E-state index in [-0.39, 0.29) is 6.54 Å². The maximum absolute atomic E-state index is 12.7. The Kier molecular flexibility index (Phi) is 4.12. The van der Waals surface area contributed by atoms with Crippen molar-refractivity contribution >= 4 is 5.69 Å². The van der Waals surface area contributed by atoms with Crippen LogP contribution in [0.2, 0.25) is 0 Å². The number of nitrogens with two attached hydrogens (primary N) is 1. The first-order valence-electron chi connectivity index (χ1n) is 4.69. The van der Waals surface area contributed by atoms with Crippen LogP contribution < -0.4 is 11.1 Å². The van der Waals surface area contributed by atoms with E-state index in [0.29, 0.717) is 5.69 Å². The predicted octanol–water partition coefficient (Wildman–Crippen LogP) is 2.37. The molecule has 0 saturated carbocycles. The summed E-state index contributed by atoms with van der Waals surface area (Å²) in [5.74, 6) is -2.13. The fraction of sp³-hybridized carbons (Fsp3) is 0.400. The van der Waals surface area contributed by atoms with Crippen molar-refractivity contribution in [2.45, 2.75) is 6.18 Å². The molecule has 1 aromatic rings. The van der Waals surface area contributed by atoms with Gasteiger partial charge in [-0.05, 0) is 18.2 Å². The maximum atomic E-state index is 12.7. The minimum Gasteiger partial charge on any atom is -0.384 e. The third kappa shape index (κ3) is 3.69. The summed E-state index contributed by atoms with van der Waals surface area (Å²) >= 11 is 0. The van der Waals surface area contributed by atoms with E-state index in [1.54, 1.807) is 0 Å². The Morgan fingerprint density at radius 3 is 2.50 bits per heavy atom. The number of hydrogen-bond acceptors (Lipinski definition) is 2. The van der Waals surface area contributed by atoms with Gasteiger partial charge in [0, 0.05) is 18.8 Å². The van der Waals surface area contributed by atoms with Crippen molar-refractivity contribution in [3.63, 3.8) is 0 Å². The highest BCUT2D eigenvalue weighted by Gasteiger charge is 2.38. The van der Waals surface area contributed by atoms with Crippen LogP contribution in [0.4, 0.5) is 23.2 Å². The average Bonchev–Trinajstić information content (AvgIpc) is 2.16. The molecule has 0 aromatic heterocycles. The highest BCUT2D eigenvalue weighted by Crippen LogP contribution is 2.25. The van der Waals surface area contributed by atoms with Crippen LogP contribution in [0, 0.1) is 11.7 Å². The van der Waals surface area contributed by atoms with E-state index in [9.17, 15) is 17.6 Å². The maximum Gasteiger partial charge on any atom is 0.394 e. The molecule has 1 aromatic carbocycles. The van der Waals surface area contributed by atoms with Crippen LogP contribution in [0.3, 0.4) is 0 Å². The molecule has 1 atom stereocenters. The van der Waals surface area contributed by atoms with E-state index in [4.69, 9.17) is 5.73 Å². The SMILES string of the molecule is NCC(CNc1cccc(F)c1)C(F)(F)F. The number of alkyl halides is 3. The molecule has 6 heteroatoms. The van der Waals surface area contributed by atoms with E-state index < -0.39 is 24.5 Å². The molecule has 1 unspecified atom stereocenters. The van der Waals surface area contributed by atoms with Gasteiger partial charge in [0.2, 0.25) is 0 Å². The van der Waals surface area contributed by atoms with Crippen molar-refractivity contribution in [2.75, 3.05) is 18.4 Å². The molecule has 0 aliphatic carbocycles. The molecule has 2 nitrogen and oxygen atoms in total. The summed E-state index contributed by atoms with van der Waals surface area (Å²) in [5, 5.41) is 2.50. The van der Waals surface area contributed by atoms with Crippen LogP contribution in [-0.2, 0) is 0 Å². The van der Waals surface area contributed by atoms with Gasteiger partial charge >= 0.3 is 6.18 Å². The highest BCUT2D eigenvalue weighted by molar-refractivity contribution is 5.43. The fourth-order valence-corrected chi connectivity index (χ4v) is 1.17. The molecule has 0 spiro atoms. The van der Waals surface area contributed by atoms with Crippen molar-refractivity contribution in [3.05, 3.63) is 30.1 Å². The number of anilines is 1. The molecule has 0 bridgehead atoms. The molecule has 0 amide bonds. The second kappa shape index (κ2) is 5.16. The Morgan fingerprint density at radius 1 is 1.31 bits per heavy atom. The zero-order chi connectivity index (χ0) is 12.2. The van der Waals surface area contributed by atoms with Crippen LogP contribution in [-0.4, -0.2) is 19.3 Å². The van der Waals surface area contributed by atoms with Gasteiger partial charge in [0.1, 0.15) is 5.82 Å². The van der Waals surface area contributed by atoms with Crippen LogP contribution in [0.5, 0.6) is 0 Å². The summed E-state index contributed by atoms with van der Waals surface area (Å²) in [6.07, 6.45) is -4.34. The molecule has 0 heterocycles. The van der Waals surface area contributed by atoms with Crippen LogP contribution in [0.15, 0.2) is 24.3 Å². The van der Waals surface area contributed by atoms with Gasteiger partial charge in [-0.15, -0.1) is 0 Å². The summed E-state index contributed by atoms with van der Waals surface area (Å²) in [6.45, 7) is -0.852. The molecular weight excluding hydrogens is 224 g/mol. The van der Waals surface area contributed by atoms with E-state index in [1.165, 1.54) is 18.2 Å². The molecule has 0 aliphatic rings.